The van der Waals surface area contributed by atoms with Crippen LogP contribution in [0.15, 0.2) is 18.5 Å². The first-order valence-electron chi connectivity index (χ1n) is 5.78. The summed E-state index contributed by atoms with van der Waals surface area (Å²) < 4.78 is 27.3. The average molecular weight is 273 g/mol. The minimum absolute atomic E-state index is 0.0797. The molecule has 0 bridgehead atoms. The molecule has 0 saturated carbocycles. The maximum atomic E-state index is 11.9. The van der Waals surface area contributed by atoms with Crippen LogP contribution in [-0.2, 0) is 10.2 Å². The fraction of sp³-hybridized carbons (Fsp3) is 0.600. The van der Waals surface area contributed by atoms with Crippen LogP contribution in [0.5, 0.6) is 0 Å². The monoisotopic (exact) mass is 273 g/mol. The van der Waals surface area contributed by atoms with Gasteiger partial charge in [0, 0.05) is 26.0 Å². The lowest BCUT2D eigenvalue weighted by molar-refractivity contribution is 0.459. The number of rotatable bonds is 8. The Morgan fingerprint density at radius 3 is 2.61 bits per heavy atom. The fourth-order valence-electron chi connectivity index (χ4n) is 1.27. The van der Waals surface area contributed by atoms with E-state index in [1.807, 2.05) is 6.92 Å². The van der Waals surface area contributed by atoms with Gasteiger partial charge in [0.15, 0.2) is 0 Å². The Labute approximate surface area is 108 Å². The van der Waals surface area contributed by atoms with E-state index in [1.54, 1.807) is 6.07 Å². The summed E-state index contributed by atoms with van der Waals surface area (Å²) >= 11 is 0. The number of hydrogen-bond donors (Lipinski definition) is 2. The first-order chi connectivity index (χ1) is 8.56. The molecule has 7 nitrogen and oxygen atoms in total. The zero-order chi connectivity index (χ0) is 13.4. The molecule has 0 aliphatic heterocycles. The van der Waals surface area contributed by atoms with Gasteiger partial charge in [-0.3, -0.25) is 0 Å². The third-order valence-corrected chi connectivity index (χ3v) is 3.72. The summed E-state index contributed by atoms with van der Waals surface area (Å²) in [4.78, 5) is 7.63. The van der Waals surface area contributed by atoms with Crippen LogP contribution in [0.2, 0.25) is 0 Å². The Balaban J connectivity index is 2.47. The van der Waals surface area contributed by atoms with Gasteiger partial charge in [-0.2, -0.15) is 12.7 Å². The zero-order valence-electron chi connectivity index (χ0n) is 10.6. The van der Waals surface area contributed by atoms with E-state index < -0.39 is 10.2 Å². The highest BCUT2D eigenvalue weighted by molar-refractivity contribution is 7.90. The SMILES string of the molecule is CCNCCCN(C)S(=O)(=O)Nc1ncccn1. The Morgan fingerprint density at radius 2 is 2.00 bits per heavy atom. The molecule has 0 atom stereocenters. The largest absolute Gasteiger partial charge is 0.317 e. The van der Waals surface area contributed by atoms with E-state index >= 15 is 0 Å². The van der Waals surface area contributed by atoms with Gasteiger partial charge >= 0.3 is 10.2 Å². The van der Waals surface area contributed by atoms with E-state index in [9.17, 15) is 8.42 Å². The third kappa shape index (κ3) is 4.94. The Kier molecular flexibility index (Phi) is 5.96. The van der Waals surface area contributed by atoms with Gasteiger partial charge in [0.05, 0.1) is 0 Å². The molecule has 1 aromatic heterocycles. The van der Waals surface area contributed by atoms with E-state index in [0.29, 0.717) is 6.54 Å². The molecule has 102 valence electrons. The van der Waals surface area contributed by atoms with Crippen LogP contribution in [0.3, 0.4) is 0 Å². The maximum absolute atomic E-state index is 11.9. The standard InChI is InChI=1S/C10H19N5O2S/c1-3-11-6-5-9-15(2)18(16,17)14-10-12-7-4-8-13-10/h4,7-8,11H,3,5-6,9H2,1-2H3,(H,12,13,14). The van der Waals surface area contributed by atoms with Crippen molar-refractivity contribution in [3.8, 4) is 0 Å². The van der Waals surface area contributed by atoms with Crippen molar-refractivity contribution in [2.24, 2.45) is 0 Å². The van der Waals surface area contributed by atoms with Crippen LogP contribution < -0.4 is 10.0 Å². The van der Waals surface area contributed by atoms with E-state index in [-0.39, 0.29) is 5.95 Å². The maximum Gasteiger partial charge on any atom is 0.303 e. The van der Waals surface area contributed by atoms with Gasteiger partial charge in [-0.25, -0.2) is 14.7 Å². The van der Waals surface area contributed by atoms with Crippen LogP contribution in [0.25, 0.3) is 0 Å². The number of nitrogens with one attached hydrogen (secondary N) is 2. The number of nitrogens with zero attached hydrogens (tertiary/aromatic N) is 3. The Hall–Kier alpha value is -1.25. The van der Waals surface area contributed by atoms with Crippen LogP contribution in [-0.4, -0.2) is 49.4 Å². The van der Waals surface area contributed by atoms with E-state index in [4.69, 9.17) is 0 Å². The van der Waals surface area contributed by atoms with Gasteiger partial charge in [0.25, 0.3) is 0 Å². The molecular weight excluding hydrogens is 254 g/mol. The molecule has 1 rings (SSSR count). The first-order valence-corrected chi connectivity index (χ1v) is 7.22. The molecule has 0 fully saturated rings. The summed E-state index contributed by atoms with van der Waals surface area (Å²) in [5.74, 6) is 0.0797. The molecule has 0 spiro atoms. The quantitative estimate of drug-likeness (QED) is 0.654. The topological polar surface area (TPSA) is 87.2 Å². The normalized spacial score (nSPS) is 11.7. The van der Waals surface area contributed by atoms with Crippen molar-refractivity contribution in [1.29, 1.82) is 0 Å². The van der Waals surface area contributed by atoms with Crippen molar-refractivity contribution in [1.82, 2.24) is 19.6 Å². The molecule has 8 heteroatoms. The summed E-state index contributed by atoms with van der Waals surface area (Å²) in [6.07, 6.45) is 3.72. The Morgan fingerprint density at radius 1 is 1.33 bits per heavy atom. The second-order valence-corrected chi connectivity index (χ2v) is 5.49. The fourth-order valence-corrected chi connectivity index (χ4v) is 2.13. The van der Waals surface area contributed by atoms with Gasteiger partial charge in [0.1, 0.15) is 0 Å². The molecule has 0 radical (unpaired) electrons. The first kappa shape index (κ1) is 14.8. The second-order valence-electron chi connectivity index (χ2n) is 3.71. The molecule has 0 aromatic carbocycles. The smallest absolute Gasteiger partial charge is 0.303 e. The van der Waals surface area contributed by atoms with E-state index in [1.165, 1.54) is 23.7 Å². The molecule has 0 aliphatic rings. The summed E-state index contributed by atoms with van der Waals surface area (Å²) in [6.45, 7) is 4.12. The highest BCUT2D eigenvalue weighted by Crippen LogP contribution is 2.03. The van der Waals surface area contributed by atoms with Crippen LogP contribution in [0.4, 0.5) is 5.95 Å². The summed E-state index contributed by atoms with van der Waals surface area (Å²) in [5.41, 5.74) is 0. The average Bonchev–Trinajstić information content (AvgIpc) is 2.35. The Bertz CT molecular complexity index is 437. The van der Waals surface area contributed by atoms with E-state index in [0.717, 1.165) is 19.5 Å². The number of anilines is 1. The summed E-state index contributed by atoms with van der Waals surface area (Å²) in [5, 5.41) is 3.14. The van der Waals surface area contributed by atoms with E-state index in [2.05, 4.69) is 20.0 Å². The third-order valence-electron chi connectivity index (χ3n) is 2.27. The minimum Gasteiger partial charge on any atom is -0.317 e. The van der Waals surface area contributed by atoms with Crippen LogP contribution in [0, 0.1) is 0 Å². The zero-order valence-corrected chi connectivity index (χ0v) is 11.4. The minimum atomic E-state index is -3.57. The van der Waals surface area contributed by atoms with Crippen molar-refractivity contribution in [3.63, 3.8) is 0 Å². The second kappa shape index (κ2) is 7.24. The predicted octanol–water partition coefficient (Wildman–Crippen LogP) is 0.0647. The molecule has 2 N–H and O–H groups in total. The lowest BCUT2D eigenvalue weighted by Gasteiger charge is -2.17. The van der Waals surface area contributed by atoms with Crippen molar-refractivity contribution in [2.75, 3.05) is 31.4 Å². The highest BCUT2D eigenvalue weighted by atomic mass is 32.2. The molecule has 0 unspecified atom stereocenters. The van der Waals surface area contributed by atoms with Crippen molar-refractivity contribution >= 4 is 16.2 Å². The van der Waals surface area contributed by atoms with Gasteiger partial charge in [-0.05, 0) is 25.6 Å². The van der Waals surface area contributed by atoms with Crippen LogP contribution >= 0.6 is 0 Å². The molecule has 18 heavy (non-hydrogen) atoms. The van der Waals surface area contributed by atoms with Crippen molar-refractivity contribution in [2.45, 2.75) is 13.3 Å². The number of aromatic nitrogens is 2. The van der Waals surface area contributed by atoms with Gasteiger partial charge < -0.3 is 5.32 Å². The summed E-state index contributed by atoms with van der Waals surface area (Å²) in [7, 11) is -2.04. The van der Waals surface area contributed by atoms with Gasteiger partial charge in [-0.1, -0.05) is 6.92 Å². The molecule has 1 aromatic rings. The molecule has 0 aliphatic carbocycles. The number of hydrogen-bond acceptors (Lipinski definition) is 5. The lowest BCUT2D eigenvalue weighted by Crippen LogP contribution is -2.35. The molecule has 1 heterocycles. The van der Waals surface area contributed by atoms with Crippen molar-refractivity contribution in [3.05, 3.63) is 18.5 Å². The lowest BCUT2D eigenvalue weighted by atomic mass is 10.4. The predicted molar refractivity (Wildman–Crippen MR) is 70.4 cm³/mol. The molecule has 0 saturated heterocycles. The molecule has 0 amide bonds. The highest BCUT2D eigenvalue weighted by Gasteiger charge is 2.17. The van der Waals surface area contributed by atoms with Crippen molar-refractivity contribution < 1.29 is 8.42 Å². The van der Waals surface area contributed by atoms with Gasteiger partial charge in [0.2, 0.25) is 5.95 Å². The van der Waals surface area contributed by atoms with Crippen LogP contribution in [0.1, 0.15) is 13.3 Å². The summed E-state index contributed by atoms with van der Waals surface area (Å²) in [6, 6.07) is 1.62. The molecular formula is C10H19N5O2S. The van der Waals surface area contributed by atoms with Gasteiger partial charge in [-0.15, -0.1) is 0 Å².